The average Bonchev–Trinajstić information content (AvgIpc) is 2.29. The smallest absolute Gasteiger partial charge is 0.303 e. The molecule has 0 heterocycles. The van der Waals surface area contributed by atoms with Crippen molar-refractivity contribution in [2.24, 2.45) is 0 Å². The number of carboxylic acids is 1. The van der Waals surface area contributed by atoms with Crippen molar-refractivity contribution in [1.29, 1.82) is 0 Å². The van der Waals surface area contributed by atoms with Crippen LogP contribution >= 0.6 is 0 Å². The van der Waals surface area contributed by atoms with E-state index in [1.54, 1.807) is 0 Å². The number of aliphatic carboxylic acids is 1. The molecule has 0 aliphatic heterocycles. The van der Waals surface area contributed by atoms with Crippen LogP contribution in [0.3, 0.4) is 0 Å². The third-order valence-electron chi connectivity index (χ3n) is 2.61. The van der Waals surface area contributed by atoms with E-state index in [4.69, 9.17) is 5.11 Å². The highest BCUT2D eigenvalue weighted by molar-refractivity contribution is 5.66. The van der Waals surface area contributed by atoms with Gasteiger partial charge in [-0.05, 0) is 30.4 Å². The molecule has 3 nitrogen and oxygen atoms in total. The molecule has 3 heteroatoms. The maximum absolute atomic E-state index is 10.3. The van der Waals surface area contributed by atoms with Gasteiger partial charge in [-0.1, -0.05) is 36.9 Å². The number of aliphatic hydroxyl groups excluding tert-OH is 1. The van der Waals surface area contributed by atoms with Crippen molar-refractivity contribution in [3.63, 3.8) is 0 Å². The minimum atomic E-state index is -0.828. The maximum atomic E-state index is 10.3. The standard InChI is InChI=1S/C14H18O3/c1-11(10-12-6-3-2-4-7-12)13(15)8-5-9-14(16)17/h2-4,6-7,13,15H,1,5,8-10H2,(H,16,17). The molecule has 0 aliphatic rings. The summed E-state index contributed by atoms with van der Waals surface area (Å²) < 4.78 is 0. The fourth-order valence-corrected chi connectivity index (χ4v) is 1.63. The zero-order valence-electron chi connectivity index (χ0n) is 9.80. The van der Waals surface area contributed by atoms with Gasteiger partial charge in [0.05, 0.1) is 6.10 Å². The number of rotatable bonds is 7. The molecule has 1 rings (SSSR count). The van der Waals surface area contributed by atoms with E-state index >= 15 is 0 Å². The van der Waals surface area contributed by atoms with Crippen LogP contribution in [0.4, 0.5) is 0 Å². The molecule has 1 aromatic carbocycles. The van der Waals surface area contributed by atoms with Gasteiger partial charge in [-0.2, -0.15) is 0 Å². The summed E-state index contributed by atoms with van der Waals surface area (Å²) in [5.74, 6) is -0.828. The summed E-state index contributed by atoms with van der Waals surface area (Å²) in [5.41, 5.74) is 1.84. The molecule has 1 atom stereocenters. The normalized spacial score (nSPS) is 12.1. The van der Waals surface area contributed by atoms with E-state index in [0.717, 1.165) is 11.1 Å². The monoisotopic (exact) mass is 234 g/mol. The van der Waals surface area contributed by atoms with Gasteiger partial charge in [-0.25, -0.2) is 0 Å². The van der Waals surface area contributed by atoms with Gasteiger partial charge in [0.2, 0.25) is 0 Å². The molecule has 0 aliphatic carbocycles. The first-order chi connectivity index (χ1) is 8.09. The lowest BCUT2D eigenvalue weighted by atomic mass is 9.98. The Labute approximate surface area is 101 Å². The van der Waals surface area contributed by atoms with Crippen molar-refractivity contribution >= 4 is 5.97 Å². The van der Waals surface area contributed by atoms with E-state index in [0.29, 0.717) is 19.3 Å². The molecule has 0 spiro atoms. The van der Waals surface area contributed by atoms with E-state index < -0.39 is 12.1 Å². The molecule has 1 unspecified atom stereocenters. The molecule has 0 radical (unpaired) electrons. The zero-order valence-corrected chi connectivity index (χ0v) is 9.80. The van der Waals surface area contributed by atoms with Crippen molar-refractivity contribution in [3.05, 3.63) is 48.0 Å². The number of hydrogen-bond donors (Lipinski definition) is 2. The predicted octanol–water partition coefficient (Wildman–Crippen LogP) is 2.40. The summed E-state index contributed by atoms with van der Waals surface area (Å²) in [7, 11) is 0. The van der Waals surface area contributed by atoms with Crippen LogP contribution in [-0.2, 0) is 11.2 Å². The van der Waals surface area contributed by atoms with Crippen LogP contribution in [0.5, 0.6) is 0 Å². The fourth-order valence-electron chi connectivity index (χ4n) is 1.63. The molecule has 17 heavy (non-hydrogen) atoms. The van der Waals surface area contributed by atoms with Crippen molar-refractivity contribution in [2.75, 3.05) is 0 Å². The fraction of sp³-hybridized carbons (Fsp3) is 0.357. The van der Waals surface area contributed by atoms with Crippen LogP contribution in [0, 0.1) is 0 Å². The van der Waals surface area contributed by atoms with Crippen LogP contribution in [0.15, 0.2) is 42.5 Å². The number of carbonyl (C=O) groups is 1. The van der Waals surface area contributed by atoms with Crippen LogP contribution < -0.4 is 0 Å². The highest BCUT2D eigenvalue weighted by Gasteiger charge is 2.10. The lowest BCUT2D eigenvalue weighted by molar-refractivity contribution is -0.137. The largest absolute Gasteiger partial charge is 0.481 e. The molecular formula is C14H18O3. The molecule has 0 amide bonds. The summed E-state index contributed by atoms with van der Waals surface area (Å²) in [6.07, 6.45) is 1.04. The van der Waals surface area contributed by atoms with Gasteiger partial charge in [-0.3, -0.25) is 4.79 Å². The van der Waals surface area contributed by atoms with Crippen molar-refractivity contribution < 1.29 is 15.0 Å². The molecule has 2 N–H and O–H groups in total. The number of benzene rings is 1. The van der Waals surface area contributed by atoms with Crippen molar-refractivity contribution in [3.8, 4) is 0 Å². The van der Waals surface area contributed by atoms with Gasteiger partial charge < -0.3 is 10.2 Å². The molecular weight excluding hydrogens is 216 g/mol. The second kappa shape index (κ2) is 6.86. The van der Waals surface area contributed by atoms with E-state index in [-0.39, 0.29) is 6.42 Å². The Morgan fingerprint density at radius 3 is 2.53 bits per heavy atom. The molecule has 0 saturated carbocycles. The highest BCUT2D eigenvalue weighted by atomic mass is 16.4. The maximum Gasteiger partial charge on any atom is 0.303 e. The summed E-state index contributed by atoms with van der Waals surface area (Å²) in [4.78, 5) is 10.3. The van der Waals surface area contributed by atoms with Gasteiger partial charge in [0.15, 0.2) is 0 Å². The van der Waals surface area contributed by atoms with Crippen LogP contribution in [0.1, 0.15) is 24.8 Å². The Kier molecular flexibility index (Phi) is 5.43. The molecule has 92 valence electrons. The lowest BCUT2D eigenvalue weighted by Gasteiger charge is -2.13. The Hall–Kier alpha value is -1.61. The topological polar surface area (TPSA) is 57.5 Å². The van der Waals surface area contributed by atoms with Gasteiger partial charge >= 0.3 is 5.97 Å². The first kappa shape index (κ1) is 13.5. The van der Waals surface area contributed by atoms with Gasteiger partial charge in [0, 0.05) is 6.42 Å². The number of aliphatic hydroxyl groups is 1. The second-order valence-electron chi connectivity index (χ2n) is 4.12. The number of carboxylic acid groups (broad SMARTS) is 1. The molecule has 1 aromatic rings. The lowest BCUT2D eigenvalue weighted by Crippen LogP contribution is -2.12. The third kappa shape index (κ3) is 5.31. The number of hydrogen-bond acceptors (Lipinski definition) is 2. The Bertz CT molecular complexity index is 370. The van der Waals surface area contributed by atoms with Gasteiger partial charge in [-0.15, -0.1) is 0 Å². The van der Waals surface area contributed by atoms with E-state index in [1.165, 1.54) is 0 Å². The quantitative estimate of drug-likeness (QED) is 0.712. The first-order valence-corrected chi connectivity index (χ1v) is 5.71. The first-order valence-electron chi connectivity index (χ1n) is 5.71. The van der Waals surface area contributed by atoms with Crippen LogP contribution in [-0.4, -0.2) is 22.3 Å². The Balaban J connectivity index is 2.34. The van der Waals surface area contributed by atoms with E-state index in [1.807, 2.05) is 30.3 Å². The Morgan fingerprint density at radius 2 is 1.94 bits per heavy atom. The van der Waals surface area contributed by atoms with E-state index in [9.17, 15) is 9.90 Å². The van der Waals surface area contributed by atoms with Crippen molar-refractivity contribution in [2.45, 2.75) is 31.8 Å². The summed E-state index contributed by atoms with van der Waals surface area (Å²) in [6, 6.07) is 9.79. The van der Waals surface area contributed by atoms with Crippen LogP contribution in [0.2, 0.25) is 0 Å². The Morgan fingerprint density at radius 1 is 1.29 bits per heavy atom. The van der Waals surface area contributed by atoms with E-state index in [2.05, 4.69) is 6.58 Å². The minimum absolute atomic E-state index is 0.0929. The molecule has 0 fully saturated rings. The second-order valence-corrected chi connectivity index (χ2v) is 4.12. The molecule has 0 saturated heterocycles. The predicted molar refractivity (Wildman–Crippen MR) is 66.8 cm³/mol. The summed E-state index contributed by atoms with van der Waals surface area (Å²) >= 11 is 0. The summed E-state index contributed by atoms with van der Waals surface area (Å²) in [5, 5.41) is 18.3. The van der Waals surface area contributed by atoms with Gasteiger partial charge in [0.1, 0.15) is 0 Å². The third-order valence-corrected chi connectivity index (χ3v) is 2.61. The van der Waals surface area contributed by atoms with Gasteiger partial charge in [0.25, 0.3) is 0 Å². The van der Waals surface area contributed by atoms with Crippen LogP contribution in [0.25, 0.3) is 0 Å². The highest BCUT2D eigenvalue weighted by Crippen LogP contribution is 2.14. The summed E-state index contributed by atoms with van der Waals surface area (Å²) in [6.45, 7) is 3.85. The molecule has 0 aromatic heterocycles. The zero-order chi connectivity index (χ0) is 12.7. The molecule has 0 bridgehead atoms. The average molecular weight is 234 g/mol. The van der Waals surface area contributed by atoms with Crippen molar-refractivity contribution in [1.82, 2.24) is 0 Å². The SMILES string of the molecule is C=C(Cc1ccccc1)C(O)CCCC(=O)O. The minimum Gasteiger partial charge on any atom is -0.481 e.